The fourth-order valence-electron chi connectivity index (χ4n) is 2.53. The fourth-order valence-corrected chi connectivity index (χ4v) is 2.53. The van der Waals surface area contributed by atoms with Gasteiger partial charge in [-0.3, -0.25) is 0 Å². The minimum atomic E-state index is 0.298. The highest BCUT2D eigenvalue weighted by molar-refractivity contribution is 5.51. The SMILES string of the molecule is COCC(C)N(C)c1nc2c(cc1CN)CCC2. The molecule has 0 bridgehead atoms. The second-order valence-electron chi connectivity index (χ2n) is 5.05. The lowest BCUT2D eigenvalue weighted by atomic mass is 10.1. The van der Waals surface area contributed by atoms with Gasteiger partial charge in [0.2, 0.25) is 0 Å². The zero-order chi connectivity index (χ0) is 13.1. The zero-order valence-corrected chi connectivity index (χ0v) is 11.6. The van der Waals surface area contributed by atoms with E-state index in [4.69, 9.17) is 15.5 Å². The highest BCUT2D eigenvalue weighted by Crippen LogP contribution is 2.27. The first kappa shape index (κ1) is 13.3. The Morgan fingerprint density at radius 3 is 2.94 bits per heavy atom. The first-order chi connectivity index (χ1) is 8.67. The van der Waals surface area contributed by atoms with E-state index in [1.165, 1.54) is 17.7 Å². The molecule has 2 N–H and O–H groups in total. The molecular formula is C14H23N3O. The molecule has 1 aliphatic rings. The summed E-state index contributed by atoms with van der Waals surface area (Å²) in [5.41, 5.74) is 9.63. The number of aromatic nitrogens is 1. The number of methoxy groups -OCH3 is 1. The molecule has 1 aromatic rings. The first-order valence-corrected chi connectivity index (χ1v) is 6.61. The lowest BCUT2D eigenvalue weighted by molar-refractivity contribution is 0.183. The minimum Gasteiger partial charge on any atom is -0.383 e. The standard InChI is InChI=1S/C14H23N3O/c1-10(9-18-3)17(2)14-12(8-15)7-11-5-4-6-13(11)16-14/h7,10H,4-6,8-9,15H2,1-3H3. The normalized spacial score (nSPS) is 15.6. The Morgan fingerprint density at radius 1 is 1.50 bits per heavy atom. The molecule has 0 saturated heterocycles. The molecule has 18 heavy (non-hydrogen) atoms. The van der Waals surface area contributed by atoms with Gasteiger partial charge in [0.1, 0.15) is 5.82 Å². The van der Waals surface area contributed by atoms with Crippen LogP contribution in [0.4, 0.5) is 5.82 Å². The summed E-state index contributed by atoms with van der Waals surface area (Å²) in [5.74, 6) is 1.02. The summed E-state index contributed by atoms with van der Waals surface area (Å²) in [7, 11) is 3.79. The highest BCUT2D eigenvalue weighted by Gasteiger charge is 2.20. The van der Waals surface area contributed by atoms with E-state index >= 15 is 0 Å². The van der Waals surface area contributed by atoms with Gasteiger partial charge >= 0.3 is 0 Å². The maximum Gasteiger partial charge on any atom is 0.133 e. The second-order valence-corrected chi connectivity index (χ2v) is 5.05. The van der Waals surface area contributed by atoms with Gasteiger partial charge in [0.25, 0.3) is 0 Å². The summed E-state index contributed by atoms with van der Waals surface area (Å²) in [6.07, 6.45) is 3.46. The topological polar surface area (TPSA) is 51.4 Å². The van der Waals surface area contributed by atoms with E-state index in [-0.39, 0.29) is 0 Å². The molecule has 1 heterocycles. The van der Waals surface area contributed by atoms with Crippen LogP contribution in [0.2, 0.25) is 0 Å². The molecule has 2 rings (SSSR count). The molecule has 4 heteroatoms. The van der Waals surface area contributed by atoms with E-state index in [2.05, 4.69) is 24.9 Å². The van der Waals surface area contributed by atoms with E-state index in [0.717, 1.165) is 24.2 Å². The van der Waals surface area contributed by atoms with Crippen molar-refractivity contribution in [2.24, 2.45) is 5.73 Å². The van der Waals surface area contributed by atoms with Gasteiger partial charge in [-0.15, -0.1) is 0 Å². The van der Waals surface area contributed by atoms with Crippen molar-refractivity contribution in [2.75, 3.05) is 25.7 Å². The monoisotopic (exact) mass is 249 g/mol. The van der Waals surface area contributed by atoms with Crippen molar-refractivity contribution in [3.05, 3.63) is 22.9 Å². The predicted molar refractivity (Wildman–Crippen MR) is 73.9 cm³/mol. The van der Waals surface area contributed by atoms with Gasteiger partial charge in [-0.2, -0.15) is 0 Å². The third-order valence-corrected chi connectivity index (χ3v) is 3.73. The molecule has 1 atom stereocenters. The summed E-state index contributed by atoms with van der Waals surface area (Å²) in [4.78, 5) is 6.99. The number of pyridine rings is 1. The number of nitrogens with zero attached hydrogens (tertiary/aromatic N) is 2. The van der Waals surface area contributed by atoms with Crippen LogP contribution < -0.4 is 10.6 Å². The smallest absolute Gasteiger partial charge is 0.133 e. The molecule has 0 fully saturated rings. The molecular weight excluding hydrogens is 226 g/mol. The Bertz CT molecular complexity index is 420. The number of fused-ring (bicyclic) bond motifs is 1. The average Bonchev–Trinajstić information content (AvgIpc) is 2.83. The quantitative estimate of drug-likeness (QED) is 0.859. The van der Waals surface area contributed by atoms with Crippen LogP contribution in [0.3, 0.4) is 0 Å². The number of likely N-dealkylation sites (N-methyl/N-ethyl adjacent to an activating group) is 1. The summed E-state index contributed by atoms with van der Waals surface area (Å²) in [5, 5.41) is 0. The van der Waals surface area contributed by atoms with E-state index in [0.29, 0.717) is 19.2 Å². The Morgan fingerprint density at radius 2 is 2.28 bits per heavy atom. The second kappa shape index (κ2) is 5.67. The van der Waals surface area contributed by atoms with Gasteiger partial charge in [0.05, 0.1) is 12.6 Å². The van der Waals surface area contributed by atoms with Crippen molar-refractivity contribution < 1.29 is 4.74 Å². The van der Waals surface area contributed by atoms with E-state index in [1.54, 1.807) is 7.11 Å². The summed E-state index contributed by atoms with van der Waals surface area (Å²) >= 11 is 0. The number of ether oxygens (including phenoxy) is 1. The largest absolute Gasteiger partial charge is 0.383 e. The highest BCUT2D eigenvalue weighted by atomic mass is 16.5. The number of hydrogen-bond donors (Lipinski definition) is 1. The summed E-state index contributed by atoms with van der Waals surface area (Å²) < 4.78 is 5.21. The maximum atomic E-state index is 5.86. The number of hydrogen-bond acceptors (Lipinski definition) is 4. The molecule has 1 aromatic heterocycles. The van der Waals surface area contributed by atoms with E-state index in [1.807, 2.05) is 0 Å². The van der Waals surface area contributed by atoms with Gasteiger partial charge in [0, 0.05) is 32.0 Å². The number of aryl methyl sites for hydroxylation is 2. The Labute approximate surface area is 109 Å². The Balaban J connectivity index is 2.31. The summed E-state index contributed by atoms with van der Waals surface area (Å²) in [6.45, 7) is 3.37. The van der Waals surface area contributed by atoms with Crippen LogP contribution in [0.1, 0.15) is 30.2 Å². The number of rotatable bonds is 5. The lowest BCUT2D eigenvalue weighted by Crippen LogP contribution is -2.34. The first-order valence-electron chi connectivity index (χ1n) is 6.61. The van der Waals surface area contributed by atoms with Crippen molar-refractivity contribution in [1.82, 2.24) is 4.98 Å². The van der Waals surface area contributed by atoms with Crippen molar-refractivity contribution in [3.63, 3.8) is 0 Å². The number of anilines is 1. The van der Waals surface area contributed by atoms with Crippen molar-refractivity contribution in [2.45, 2.75) is 38.8 Å². The Hall–Kier alpha value is -1.13. The van der Waals surface area contributed by atoms with E-state index in [9.17, 15) is 0 Å². The lowest BCUT2D eigenvalue weighted by Gasteiger charge is -2.27. The number of nitrogens with two attached hydrogens (primary N) is 1. The molecule has 0 aromatic carbocycles. The Kier molecular flexibility index (Phi) is 4.19. The van der Waals surface area contributed by atoms with Crippen molar-refractivity contribution >= 4 is 5.82 Å². The molecule has 0 spiro atoms. The predicted octanol–water partition coefficient (Wildman–Crippen LogP) is 1.50. The molecule has 0 amide bonds. The van der Waals surface area contributed by atoms with Crippen LogP contribution in [0.15, 0.2) is 6.07 Å². The van der Waals surface area contributed by atoms with Crippen LogP contribution in [-0.2, 0) is 24.1 Å². The van der Waals surface area contributed by atoms with Crippen LogP contribution in [-0.4, -0.2) is 31.8 Å². The molecule has 0 saturated carbocycles. The molecule has 1 aliphatic carbocycles. The third kappa shape index (κ3) is 2.49. The van der Waals surface area contributed by atoms with Gasteiger partial charge in [-0.05, 0) is 37.8 Å². The zero-order valence-electron chi connectivity index (χ0n) is 11.6. The summed E-state index contributed by atoms with van der Waals surface area (Å²) in [6, 6.07) is 2.54. The minimum absolute atomic E-state index is 0.298. The van der Waals surface area contributed by atoms with Gasteiger partial charge < -0.3 is 15.4 Å². The van der Waals surface area contributed by atoms with Crippen LogP contribution in [0, 0.1) is 0 Å². The van der Waals surface area contributed by atoms with Crippen LogP contribution in [0.25, 0.3) is 0 Å². The molecule has 100 valence electrons. The molecule has 4 nitrogen and oxygen atoms in total. The molecule has 0 radical (unpaired) electrons. The van der Waals surface area contributed by atoms with E-state index < -0.39 is 0 Å². The van der Waals surface area contributed by atoms with Crippen LogP contribution in [0.5, 0.6) is 0 Å². The van der Waals surface area contributed by atoms with Gasteiger partial charge in [-0.25, -0.2) is 4.98 Å². The van der Waals surface area contributed by atoms with Gasteiger partial charge in [-0.1, -0.05) is 0 Å². The van der Waals surface area contributed by atoms with Gasteiger partial charge in [0.15, 0.2) is 0 Å². The van der Waals surface area contributed by atoms with Crippen LogP contribution >= 0.6 is 0 Å². The van der Waals surface area contributed by atoms with Crippen molar-refractivity contribution in [3.8, 4) is 0 Å². The average molecular weight is 249 g/mol. The van der Waals surface area contributed by atoms with Crippen molar-refractivity contribution in [1.29, 1.82) is 0 Å². The molecule has 0 aliphatic heterocycles. The molecule has 1 unspecified atom stereocenters. The fraction of sp³-hybridized carbons (Fsp3) is 0.643. The maximum absolute atomic E-state index is 5.86. The third-order valence-electron chi connectivity index (χ3n) is 3.73.